The highest BCUT2D eigenvalue weighted by Gasteiger charge is 2.29. The van der Waals surface area contributed by atoms with Crippen molar-refractivity contribution in [3.8, 4) is 5.75 Å². The van der Waals surface area contributed by atoms with E-state index < -0.39 is 33.7 Å². The quantitative estimate of drug-likeness (QED) is 0.133. The number of rotatable bonds is 17. The molecule has 0 aliphatic carbocycles. The van der Waals surface area contributed by atoms with Crippen molar-refractivity contribution in [3.63, 3.8) is 0 Å². The number of hydrogen-bond acceptors (Lipinski definition) is 12. The second-order valence-corrected chi connectivity index (χ2v) is 11.6. The molecule has 2 aromatic rings. The standard InChI is InChI=1S/C26H41N2O11P/c1-19(2)14-33-25(29)35-17-38-40(31,39-18-36-26(30)34-15-20(3)4)37-16-28-13-21(10-11-27(5)6)23-9-8-22(32-7)12-24(23)28/h8-9,12-13,19-20H,10-11,14-18H2,1-7H3. The Morgan fingerprint density at radius 2 is 1.48 bits per heavy atom. The number of carbonyl (C=O) groups is 2. The molecule has 0 aliphatic rings. The van der Waals surface area contributed by atoms with Gasteiger partial charge in [0.2, 0.25) is 13.6 Å². The molecule has 0 spiro atoms. The summed E-state index contributed by atoms with van der Waals surface area (Å²) in [5.74, 6) is 0.816. The van der Waals surface area contributed by atoms with Crippen LogP contribution in [0.25, 0.3) is 10.9 Å². The molecule has 0 fully saturated rings. The first-order valence-electron chi connectivity index (χ1n) is 12.9. The second kappa shape index (κ2) is 16.4. The first-order valence-corrected chi connectivity index (χ1v) is 14.3. The lowest BCUT2D eigenvalue weighted by Crippen LogP contribution is -2.16. The molecule has 13 nitrogen and oxygen atoms in total. The lowest BCUT2D eigenvalue weighted by atomic mass is 10.1. The molecule has 1 heterocycles. The Hall–Kier alpha value is -2.83. The summed E-state index contributed by atoms with van der Waals surface area (Å²) in [6, 6.07) is 5.62. The van der Waals surface area contributed by atoms with Gasteiger partial charge in [0, 0.05) is 24.2 Å². The van der Waals surface area contributed by atoms with E-state index in [-0.39, 0.29) is 31.8 Å². The van der Waals surface area contributed by atoms with Gasteiger partial charge in [-0.2, -0.15) is 0 Å². The average Bonchev–Trinajstić information content (AvgIpc) is 3.25. The van der Waals surface area contributed by atoms with Gasteiger partial charge in [-0.3, -0.25) is 4.52 Å². The van der Waals surface area contributed by atoms with Gasteiger partial charge in [-0.1, -0.05) is 27.7 Å². The van der Waals surface area contributed by atoms with Crippen molar-refractivity contribution >= 4 is 31.0 Å². The molecular formula is C26H41N2O11P. The molecule has 0 amide bonds. The number of phosphoric ester groups is 1. The molecule has 0 N–H and O–H groups in total. The summed E-state index contributed by atoms with van der Waals surface area (Å²) in [6.45, 7) is 6.67. The Balaban J connectivity index is 2.15. The number of carbonyl (C=O) groups excluding carboxylic acids is 2. The van der Waals surface area contributed by atoms with Crippen LogP contribution in [0.15, 0.2) is 24.4 Å². The van der Waals surface area contributed by atoms with Crippen LogP contribution in [0.1, 0.15) is 33.3 Å². The topological polar surface area (TPSA) is 133 Å². The number of benzene rings is 1. The maximum absolute atomic E-state index is 13.4. The highest BCUT2D eigenvalue weighted by molar-refractivity contribution is 7.48. The van der Waals surface area contributed by atoms with Gasteiger partial charge in [-0.05, 0) is 50.0 Å². The Morgan fingerprint density at radius 1 is 0.900 bits per heavy atom. The van der Waals surface area contributed by atoms with Crippen molar-refractivity contribution in [3.05, 3.63) is 30.0 Å². The normalized spacial score (nSPS) is 11.8. The highest BCUT2D eigenvalue weighted by atomic mass is 31.2. The van der Waals surface area contributed by atoms with Gasteiger partial charge in [0.05, 0.1) is 25.8 Å². The van der Waals surface area contributed by atoms with Gasteiger partial charge >= 0.3 is 20.1 Å². The third-order valence-corrected chi connectivity index (χ3v) is 6.47. The van der Waals surface area contributed by atoms with E-state index >= 15 is 0 Å². The van der Waals surface area contributed by atoms with Gasteiger partial charge in [-0.25, -0.2) is 23.2 Å². The summed E-state index contributed by atoms with van der Waals surface area (Å²) >= 11 is 0. The van der Waals surface area contributed by atoms with Crippen LogP contribution < -0.4 is 4.74 Å². The number of likely N-dealkylation sites (N-methyl/N-ethyl adjacent to an activating group) is 1. The molecular weight excluding hydrogens is 547 g/mol. The number of hydrogen-bond donors (Lipinski definition) is 0. The minimum Gasteiger partial charge on any atom is -0.497 e. The number of aromatic nitrogens is 1. The van der Waals surface area contributed by atoms with E-state index in [1.54, 1.807) is 11.7 Å². The Morgan fingerprint density at radius 3 is 1.98 bits per heavy atom. The van der Waals surface area contributed by atoms with E-state index in [4.69, 9.17) is 37.3 Å². The number of phosphoric acid groups is 1. The van der Waals surface area contributed by atoms with E-state index in [1.807, 2.05) is 66.2 Å². The van der Waals surface area contributed by atoms with Gasteiger partial charge in [0.1, 0.15) is 12.5 Å². The van der Waals surface area contributed by atoms with Gasteiger partial charge in [0.15, 0.2) is 0 Å². The molecule has 0 radical (unpaired) electrons. The third-order valence-electron chi connectivity index (χ3n) is 5.20. The Kier molecular flexibility index (Phi) is 13.7. The molecule has 0 aliphatic heterocycles. The predicted molar refractivity (Wildman–Crippen MR) is 146 cm³/mol. The van der Waals surface area contributed by atoms with Gasteiger partial charge < -0.3 is 33.2 Å². The summed E-state index contributed by atoms with van der Waals surface area (Å²) in [4.78, 5) is 25.6. The fourth-order valence-electron chi connectivity index (χ4n) is 3.20. The lowest BCUT2D eigenvalue weighted by Gasteiger charge is -2.18. The maximum Gasteiger partial charge on any atom is 0.510 e. The Bertz CT molecular complexity index is 1100. The minimum absolute atomic E-state index is 0.0940. The minimum atomic E-state index is -4.42. The molecule has 1 aromatic carbocycles. The van der Waals surface area contributed by atoms with Gasteiger partial charge in [-0.15, -0.1) is 0 Å². The summed E-state index contributed by atoms with van der Waals surface area (Å²) in [5.41, 5.74) is 1.81. The van der Waals surface area contributed by atoms with Crippen molar-refractivity contribution in [2.24, 2.45) is 11.8 Å². The molecule has 2 rings (SSSR count). The first kappa shape index (κ1) is 33.4. The molecule has 0 unspecified atom stereocenters. The fraction of sp³-hybridized carbons (Fsp3) is 0.615. The first-order chi connectivity index (χ1) is 18.9. The van der Waals surface area contributed by atoms with Crippen LogP contribution in [-0.4, -0.2) is 76.3 Å². The summed E-state index contributed by atoms with van der Waals surface area (Å²) < 4.78 is 55.8. The molecule has 1 aromatic heterocycles. The van der Waals surface area contributed by atoms with Crippen LogP contribution in [-0.2, 0) is 50.2 Å². The molecule has 0 bridgehead atoms. The monoisotopic (exact) mass is 588 g/mol. The van der Waals surface area contributed by atoms with Crippen molar-refractivity contribution in [2.45, 2.75) is 40.8 Å². The molecule has 14 heteroatoms. The smallest absolute Gasteiger partial charge is 0.497 e. The maximum atomic E-state index is 13.4. The van der Waals surface area contributed by atoms with Crippen molar-refractivity contribution < 1.29 is 51.4 Å². The van der Waals surface area contributed by atoms with Gasteiger partial charge in [0.25, 0.3) is 0 Å². The SMILES string of the molecule is COc1ccc2c(CCN(C)C)cn(COP(=O)(OCOC(=O)OCC(C)C)OCOC(=O)OCC(C)C)c2c1. The summed E-state index contributed by atoms with van der Waals surface area (Å²) in [7, 11) is 1.11. The molecule has 0 saturated carbocycles. The van der Waals surface area contributed by atoms with Crippen LogP contribution in [0, 0.1) is 11.8 Å². The molecule has 0 atom stereocenters. The Labute approximate surface area is 235 Å². The van der Waals surface area contributed by atoms with Crippen LogP contribution in [0.5, 0.6) is 5.75 Å². The van der Waals surface area contributed by atoms with E-state index in [2.05, 4.69) is 4.90 Å². The number of ether oxygens (including phenoxy) is 5. The number of fused-ring (bicyclic) bond motifs is 1. The van der Waals surface area contributed by atoms with E-state index in [9.17, 15) is 14.2 Å². The van der Waals surface area contributed by atoms with E-state index in [0.29, 0.717) is 5.75 Å². The third kappa shape index (κ3) is 11.7. The largest absolute Gasteiger partial charge is 0.510 e. The fourth-order valence-corrected chi connectivity index (χ4v) is 4.05. The van der Waals surface area contributed by atoms with Crippen molar-refractivity contribution in [2.75, 3.05) is 54.5 Å². The van der Waals surface area contributed by atoms with Crippen molar-refractivity contribution in [1.29, 1.82) is 0 Å². The lowest BCUT2D eigenvalue weighted by molar-refractivity contribution is -0.0442. The van der Waals surface area contributed by atoms with Crippen molar-refractivity contribution in [1.82, 2.24) is 9.47 Å². The van der Waals surface area contributed by atoms with Crippen LogP contribution >= 0.6 is 7.82 Å². The predicted octanol–water partition coefficient (Wildman–Crippen LogP) is 5.40. The van der Waals surface area contributed by atoms with Crippen LogP contribution in [0.4, 0.5) is 9.59 Å². The van der Waals surface area contributed by atoms with E-state index in [0.717, 1.165) is 29.4 Å². The molecule has 40 heavy (non-hydrogen) atoms. The van der Waals surface area contributed by atoms with Crippen LogP contribution in [0.3, 0.4) is 0 Å². The zero-order valence-corrected chi connectivity index (χ0v) is 25.1. The zero-order chi connectivity index (χ0) is 29.7. The highest BCUT2D eigenvalue weighted by Crippen LogP contribution is 2.50. The average molecular weight is 589 g/mol. The van der Waals surface area contributed by atoms with E-state index in [1.165, 1.54) is 0 Å². The summed E-state index contributed by atoms with van der Waals surface area (Å²) in [6.07, 6.45) is 0.606. The second-order valence-electron chi connectivity index (χ2n) is 9.96. The summed E-state index contributed by atoms with van der Waals surface area (Å²) in [5, 5.41) is 0.968. The van der Waals surface area contributed by atoms with Crippen LogP contribution in [0.2, 0.25) is 0 Å². The zero-order valence-electron chi connectivity index (χ0n) is 24.2. The number of nitrogens with zero attached hydrogens (tertiary/aromatic N) is 2. The molecule has 226 valence electrons. The molecule has 0 saturated heterocycles. The number of methoxy groups -OCH3 is 1.